The minimum Gasteiger partial charge on any atom is -0.388 e. The molecule has 2 aromatic rings. The van der Waals surface area contributed by atoms with Gasteiger partial charge in [0.15, 0.2) is 0 Å². The number of benzene rings is 2. The molecule has 2 aromatic carbocycles. The predicted octanol–water partition coefficient (Wildman–Crippen LogP) is 3.99. The highest BCUT2D eigenvalue weighted by Crippen LogP contribution is 2.34. The van der Waals surface area contributed by atoms with Gasteiger partial charge < -0.3 is 5.73 Å². The third-order valence-electron chi connectivity index (χ3n) is 2.87. The molecule has 2 rings (SSSR count). The predicted molar refractivity (Wildman–Crippen MR) is 83.5 cm³/mol. The highest BCUT2D eigenvalue weighted by molar-refractivity contribution is 7.98. The van der Waals surface area contributed by atoms with Crippen molar-refractivity contribution in [2.24, 2.45) is 5.73 Å². The summed E-state index contributed by atoms with van der Waals surface area (Å²) in [7, 11) is 0. The molecule has 1 atom stereocenters. The van der Waals surface area contributed by atoms with Crippen LogP contribution >= 0.6 is 11.8 Å². The van der Waals surface area contributed by atoms with Crippen LogP contribution in [0.5, 0.6) is 0 Å². The van der Waals surface area contributed by atoms with Gasteiger partial charge in [-0.15, -0.1) is 11.8 Å². The first-order valence-electron chi connectivity index (χ1n) is 6.29. The van der Waals surface area contributed by atoms with E-state index in [1.54, 1.807) is 0 Å². The lowest BCUT2D eigenvalue weighted by atomic mass is 10.1. The van der Waals surface area contributed by atoms with E-state index < -0.39 is 0 Å². The quantitative estimate of drug-likeness (QED) is 0.616. The third kappa shape index (κ3) is 4.45. The van der Waals surface area contributed by atoms with E-state index in [4.69, 9.17) is 11.1 Å². The van der Waals surface area contributed by atoms with Crippen molar-refractivity contribution in [1.82, 2.24) is 0 Å². The standard InChI is InChI=1S/C16H18N2S/c17-16(18)11-15(14-9-5-2-6-10-14)19-12-13-7-3-1-4-8-13/h1-10,15H,11-12H2,(H3,17,18). The lowest BCUT2D eigenvalue weighted by molar-refractivity contribution is 0.984. The molecule has 19 heavy (non-hydrogen) atoms. The molecule has 0 saturated carbocycles. The Balaban J connectivity index is 2.04. The molecule has 3 heteroatoms. The summed E-state index contributed by atoms with van der Waals surface area (Å²) in [5, 5.41) is 7.77. The van der Waals surface area contributed by atoms with Gasteiger partial charge in [0, 0.05) is 17.4 Å². The molecule has 0 aliphatic rings. The molecule has 0 fully saturated rings. The molecule has 0 aliphatic carbocycles. The largest absolute Gasteiger partial charge is 0.388 e. The Kier molecular flexibility index (Phi) is 5.04. The van der Waals surface area contributed by atoms with E-state index in [1.165, 1.54) is 11.1 Å². The Labute approximate surface area is 118 Å². The molecule has 0 bridgehead atoms. The number of hydrogen-bond donors (Lipinski definition) is 2. The van der Waals surface area contributed by atoms with E-state index in [0.717, 1.165) is 5.75 Å². The number of thioether (sulfide) groups is 1. The highest BCUT2D eigenvalue weighted by atomic mass is 32.2. The van der Waals surface area contributed by atoms with Crippen LogP contribution in [0.3, 0.4) is 0 Å². The van der Waals surface area contributed by atoms with E-state index in [0.29, 0.717) is 6.42 Å². The van der Waals surface area contributed by atoms with E-state index in [-0.39, 0.29) is 11.1 Å². The normalized spacial score (nSPS) is 12.0. The summed E-state index contributed by atoms with van der Waals surface area (Å²) < 4.78 is 0. The molecule has 0 heterocycles. The molecule has 0 aromatic heterocycles. The maximum absolute atomic E-state index is 7.52. The fraction of sp³-hybridized carbons (Fsp3) is 0.188. The minimum atomic E-state index is 0.245. The topological polar surface area (TPSA) is 49.9 Å². The molecule has 0 saturated heterocycles. The second-order valence-corrected chi connectivity index (χ2v) is 5.62. The first-order chi connectivity index (χ1) is 9.25. The zero-order valence-electron chi connectivity index (χ0n) is 10.8. The molecular weight excluding hydrogens is 252 g/mol. The highest BCUT2D eigenvalue weighted by Gasteiger charge is 2.13. The zero-order valence-corrected chi connectivity index (χ0v) is 11.6. The van der Waals surface area contributed by atoms with E-state index >= 15 is 0 Å². The van der Waals surface area contributed by atoms with Gasteiger partial charge in [0.05, 0.1) is 5.84 Å². The molecule has 0 aliphatic heterocycles. The summed E-state index contributed by atoms with van der Waals surface area (Å²) in [6.45, 7) is 0. The monoisotopic (exact) mass is 270 g/mol. The molecule has 3 N–H and O–H groups in total. The second-order valence-electron chi connectivity index (χ2n) is 4.43. The lowest BCUT2D eigenvalue weighted by Crippen LogP contribution is -2.13. The summed E-state index contributed by atoms with van der Waals surface area (Å²) in [5.74, 6) is 1.18. The fourth-order valence-corrected chi connectivity index (χ4v) is 3.14. The summed E-state index contributed by atoms with van der Waals surface area (Å²) in [6, 6.07) is 20.7. The minimum absolute atomic E-state index is 0.245. The Morgan fingerprint density at radius 1 is 1.00 bits per heavy atom. The van der Waals surface area contributed by atoms with Crippen molar-refractivity contribution in [3.05, 3.63) is 71.8 Å². The Morgan fingerprint density at radius 3 is 2.16 bits per heavy atom. The van der Waals surface area contributed by atoms with Crippen molar-refractivity contribution in [1.29, 1.82) is 5.41 Å². The van der Waals surface area contributed by atoms with Crippen LogP contribution in [0, 0.1) is 5.41 Å². The van der Waals surface area contributed by atoms with Crippen LogP contribution in [0.2, 0.25) is 0 Å². The van der Waals surface area contributed by atoms with Gasteiger partial charge in [0.25, 0.3) is 0 Å². The number of nitrogens with two attached hydrogens (primary N) is 1. The molecule has 0 radical (unpaired) electrons. The Hall–Kier alpha value is -1.74. The smallest absolute Gasteiger partial charge is 0.0919 e. The zero-order chi connectivity index (χ0) is 13.5. The number of amidine groups is 1. The first-order valence-corrected chi connectivity index (χ1v) is 7.34. The van der Waals surface area contributed by atoms with Gasteiger partial charge in [-0.05, 0) is 11.1 Å². The van der Waals surface area contributed by atoms with Crippen molar-refractivity contribution >= 4 is 17.6 Å². The van der Waals surface area contributed by atoms with Crippen LogP contribution in [-0.4, -0.2) is 5.84 Å². The van der Waals surface area contributed by atoms with Crippen LogP contribution < -0.4 is 5.73 Å². The summed E-state index contributed by atoms with van der Waals surface area (Å²) in [6.07, 6.45) is 0.599. The van der Waals surface area contributed by atoms with Crippen LogP contribution in [0.1, 0.15) is 22.8 Å². The molecule has 1 unspecified atom stereocenters. The summed E-state index contributed by atoms with van der Waals surface area (Å²) >= 11 is 1.84. The van der Waals surface area contributed by atoms with Gasteiger partial charge >= 0.3 is 0 Å². The number of hydrogen-bond acceptors (Lipinski definition) is 2. The molecule has 2 nitrogen and oxygen atoms in total. The average molecular weight is 270 g/mol. The number of rotatable bonds is 6. The van der Waals surface area contributed by atoms with E-state index in [9.17, 15) is 0 Å². The van der Waals surface area contributed by atoms with Crippen molar-refractivity contribution in [3.8, 4) is 0 Å². The Morgan fingerprint density at radius 2 is 1.58 bits per heavy atom. The number of nitrogens with one attached hydrogen (secondary N) is 1. The van der Waals surface area contributed by atoms with Crippen LogP contribution in [-0.2, 0) is 5.75 Å². The second kappa shape index (κ2) is 7.00. The fourth-order valence-electron chi connectivity index (χ4n) is 1.91. The Bertz CT molecular complexity index is 511. The van der Waals surface area contributed by atoms with Crippen LogP contribution in [0.4, 0.5) is 0 Å². The van der Waals surface area contributed by atoms with E-state index in [2.05, 4.69) is 36.4 Å². The molecular formula is C16H18N2S. The maximum atomic E-state index is 7.52. The van der Waals surface area contributed by atoms with Gasteiger partial charge in [0.2, 0.25) is 0 Å². The SMILES string of the molecule is N=C(N)CC(SCc1ccccc1)c1ccccc1. The van der Waals surface area contributed by atoms with E-state index in [1.807, 2.05) is 36.0 Å². The summed E-state index contributed by atoms with van der Waals surface area (Å²) in [4.78, 5) is 0. The van der Waals surface area contributed by atoms with Gasteiger partial charge in [-0.3, -0.25) is 5.41 Å². The summed E-state index contributed by atoms with van der Waals surface area (Å²) in [5.41, 5.74) is 8.11. The van der Waals surface area contributed by atoms with Gasteiger partial charge in [-0.2, -0.15) is 0 Å². The molecule has 0 amide bonds. The maximum Gasteiger partial charge on any atom is 0.0919 e. The van der Waals surface area contributed by atoms with Crippen molar-refractivity contribution in [3.63, 3.8) is 0 Å². The average Bonchev–Trinajstić information content (AvgIpc) is 2.45. The van der Waals surface area contributed by atoms with Crippen molar-refractivity contribution < 1.29 is 0 Å². The van der Waals surface area contributed by atoms with Crippen molar-refractivity contribution in [2.75, 3.05) is 0 Å². The van der Waals surface area contributed by atoms with Gasteiger partial charge in [-0.1, -0.05) is 60.7 Å². The van der Waals surface area contributed by atoms with Crippen LogP contribution in [0.15, 0.2) is 60.7 Å². The first kappa shape index (κ1) is 13.7. The lowest BCUT2D eigenvalue weighted by Gasteiger charge is -2.16. The van der Waals surface area contributed by atoms with Crippen LogP contribution in [0.25, 0.3) is 0 Å². The molecule has 0 spiro atoms. The van der Waals surface area contributed by atoms with Gasteiger partial charge in [0.1, 0.15) is 0 Å². The third-order valence-corrected chi connectivity index (χ3v) is 4.21. The van der Waals surface area contributed by atoms with Gasteiger partial charge in [-0.25, -0.2) is 0 Å². The molecule has 98 valence electrons. The van der Waals surface area contributed by atoms with Crippen molar-refractivity contribution in [2.45, 2.75) is 17.4 Å².